The van der Waals surface area contributed by atoms with Crippen LogP contribution in [0.25, 0.3) is 0 Å². The first-order valence-corrected chi connectivity index (χ1v) is 6.50. The summed E-state index contributed by atoms with van der Waals surface area (Å²) in [4.78, 5) is 14.1. The molecule has 2 rings (SSSR count). The molecule has 1 amide bonds. The van der Waals surface area contributed by atoms with Gasteiger partial charge in [-0.3, -0.25) is 4.79 Å². The summed E-state index contributed by atoms with van der Waals surface area (Å²) in [5, 5.41) is 18.7. The van der Waals surface area contributed by atoms with Gasteiger partial charge in [0.15, 0.2) is 11.5 Å². The Kier molecular flexibility index (Phi) is 4.07. The van der Waals surface area contributed by atoms with Gasteiger partial charge in [-0.25, -0.2) is 0 Å². The van der Waals surface area contributed by atoms with Gasteiger partial charge in [0.1, 0.15) is 0 Å². The van der Waals surface area contributed by atoms with E-state index < -0.39 is 0 Å². The highest BCUT2D eigenvalue weighted by molar-refractivity contribution is 5.94. The van der Waals surface area contributed by atoms with Crippen LogP contribution in [-0.4, -0.2) is 34.1 Å². The van der Waals surface area contributed by atoms with Crippen LogP contribution in [0.4, 0.5) is 0 Å². The second-order valence-electron chi connectivity index (χ2n) is 4.76. The van der Waals surface area contributed by atoms with Crippen LogP contribution in [0.1, 0.15) is 42.5 Å². The summed E-state index contributed by atoms with van der Waals surface area (Å²) in [6.07, 6.45) is 5.67. The van der Waals surface area contributed by atoms with Crippen LogP contribution >= 0.6 is 0 Å². The lowest BCUT2D eigenvalue weighted by Crippen LogP contribution is -2.33. The van der Waals surface area contributed by atoms with Gasteiger partial charge in [0.05, 0.1) is 0 Å². The van der Waals surface area contributed by atoms with Crippen molar-refractivity contribution in [2.24, 2.45) is 0 Å². The van der Waals surface area contributed by atoms with Crippen molar-refractivity contribution in [1.29, 1.82) is 0 Å². The van der Waals surface area contributed by atoms with Crippen LogP contribution in [0.5, 0.6) is 11.5 Å². The Morgan fingerprint density at radius 2 is 1.56 bits per heavy atom. The van der Waals surface area contributed by atoms with Crippen LogP contribution in [0.3, 0.4) is 0 Å². The molecule has 1 fully saturated rings. The van der Waals surface area contributed by atoms with E-state index in [0.29, 0.717) is 5.56 Å². The molecule has 1 aromatic carbocycles. The monoisotopic (exact) mass is 249 g/mol. The summed E-state index contributed by atoms with van der Waals surface area (Å²) in [6.45, 7) is 1.56. The van der Waals surface area contributed by atoms with E-state index in [1.807, 2.05) is 4.90 Å². The number of amides is 1. The lowest BCUT2D eigenvalue weighted by atomic mass is 10.1. The fourth-order valence-electron chi connectivity index (χ4n) is 2.29. The first kappa shape index (κ1) is 12.7. The second kappa shape index (κ2) is 5.76. The Morgan fingerprint density at radius 3 is 2.17 bits per heavy atom. The van der Waals surface area contributed by atoms with Crippen LogP contribution in [0, 0.1) is 0 Å². The molecule has 0 aromatic heterocycles. The molecule has 4 nitrogen and oxygen atoms in total. The molecule has 0 aliphatic carbocycles. The summed E-state index contributed by atoms with van der Waals surface area (Å²) in [5.74, 6) is -0.501. The minimum Gasteiger partial charge on any atom is -0.504 e. The van der Waals surface area contributed by atoms with Crippen molar-refractivity contribution in [3.05, 3.63) is 23.8 Å². The van der Waals surface area contributed by atoms with Crippen molar-refractivity contribution >= 4 is 5.91 Å². The Balaban J connectivity index is 2.10. The number of carbonyl (C=O) groups excluding carboxylic acids is 1. The van der Waals surface area contributed by atoms with E-state index in [9.17, 15) is 15.0 Å². The number of aromatic hydroxyl groups is 2. The average molecular weight is 249 g/mol. The van der Waals surface area contributed by atoms with E-state index in [4.69, 9.17) is 0 Å². The van der Waals surface area contributed by atoms with Crippen LogP contribution in [0.2, 0.25) is 0 Å². The number of benzene rings is 1. The maximum atomic E-state index is 12.3. The Labute approximate surface area is 107 Å². The van der Waals surface area contributed by atoms with E-state index in [1.165, 1.54) is 31.4 Å². The molecule has 0 unspecified atom stereocenters. The maximum absolute atomic E-state index is 12.3. The van der Waals surface area contributed by atoms with Crippen molar-refractivity contribution in [2.75, 3.05) is 13.1 Å². The third kappa shape index (κ3) is 2.94. The minimum atomic E-state index is -0.243. The number of hydrogen-bond acceptors (Lipinski definition) is 3. The number of rotatable bonds is 1. The lowest BCUT2D eigenvalue weighted by Gasteiger charge is -2.24. The molecule has 0 atom stereocenters. The van der Waals surface area contributed by atoms with E-state index in [2.05, 4.69) is 0 Å². The number of phenols is 2. The molecule has 2 N–H and O–H groups in total. The second-order valence-corrected chi connectivity index (χ2v) is 4.76. The van der Waals surface area contributed by atoms with Crippen molar-refractivity contribution in [2.45, 2.75) is 32.1 Å². The zero-order valence-corrected chi connectivity index (χ0v) is 10.4. The predicted octanol–water partition coefficient (Wildman–Crippen LogP) is 2.50. The molecular formula is C14H19NO3. The predicted molar refractivity (Wildman–Crippen MR) is 68.8 cm³/mol. The van der Waals surface area contributed by atoms with Crippen molar-refractivity contribution in [3.8, 4) is 11.5 Å². The van der Waals surface area contributed by atoms with Crippen molar-refractivity contribution < 1.29 is 15.0 Å². The number of phenolic OH excluding ortho intramolecular Hbond substituents is 2. The summed E-state index contributed by atoms with van der Waals surface area (Å²) in [5.41, 5.74) is 0.436. The quantitative estimate of drug-likeness (QED) is 0.752. The fraction of sp³-hybridized carbons (Fsp3) is 0.500. The van der Waals surface area contributed by atoms with E-state index in [1.54, 1.807) is 6.07 Å². The number of likely N-dealkylation sites (tertiary alicyclic amines) is 1. The largest absolute Gasteiger partial charge is 0.504 e. The molecule has 1 saturated heterocycles. The SMILES string of the molecule is O=C(c1ccc(O)c(O)c1)N1CCCCCCC1. The molecule has 0 radical (unpaired) electrons. The Hall–Kier alpha value is -1.71. The van der Waals surface area contributed by atoms with Gasteiger partial charge < -0.3 is 15.1 Å². The fourth-order valence-corrected chi connectivity index (χ4v) is 2.29. The van der Waals surface area contributed by atoms with Gasteiger partial charge in [0.25, 0.3) is 5.91 Å². The van der Waals surface area contributed by atoms with E-state index >= 15 is 0 Å². The van der Waals surface area contributed by atoms with Gasteiger partial charge in [-0.05, 0) is 31.0 Å². The summed E-state index contributed by atoms with van der Waals surface area (Å²) < 4.78 is 0. The van der Waals surface area contributed by atoms with Gasteiger partial charge in [-0.2, -0.15) is 0 Å². The van der Waals surface area contributed by atoms with Gasteiger partial charge in [0, 0.05) is 18.7 Å². The molecule has 1 aliphatic heterocycles. The lowest BCUT2D eigenvalue weighted by molar-refractivity contribution is 0.0742. The van der Waals surface area contributed by atoms with Gasteiger partial charge in [-0.15, -0.1) is 0 Å². The Bertz CT molecular complexity index is 423. The highest BCUT2D eigenvalue weighted by atomic mass is 16.3. The third-order valence-electron chi connectivity index (χ3n) is 3.37. The van der Waals surface area contributed by atoms with Crippen LogP contribution in [0.15, 0.2) is 18.2 Å². The number of carbonyl (C=O) groups is 1. The molecule has 1 heterocycles. The first-order valence-electron chi connectivity index (χ1n) is 6.50. The summed E-state index contributed by atoms with van der Waals surface area (Å²) in [6, 6.07) is 4.24. The third-order valence-corrected chi connectivity index (χ3v) is 3.37. The molecule has 1 aliphatic rings. The standard InChI is InChI=1S/C14H19NO3/c16-12-7-6-11(10-13(12)17)14(18)15-8-4-2-1-3-5-9-15/h6-7,10,16-17H,1-5,8-9H2. The topological polar surface area (TPSA) is 60.8 Å². The summed E-state index contributed by atoms with van der Waals surface area (Å²) >= 11 is 0. The molecule has 1 aromatic rings. The molecule has 0 saturated carbocycles. The van der Waals surface area contributed by atoms with E-state index in [-0.39, 0.29) is 17.4 Å². The molecule has 4 heteroatoms. The van der Waals surface area contributed by atoms with Crippen LogP contribution in [-0.2, 0) is 0 Å². The normalized spacial score (nSPS) is 17.0. The highest BCUT2D eigenvalue weighted by Gasteiger charge is 2.17. The molecule has 0 spiro atoms. The molecule has 0 bridgehead atoms. The van der Waals surface area contributed by atoms with E-state index in [0.717, 1.165) is 25.9 Å². The first-order chi connectivity index (χ1) is 8.68. The molecule has 18 heavy (non-hydrogen) atoms. The van der Waals surface area contributed by atoms with Gasteiger partial charge in [-0.1, -0.05) is 19.3 Å². The maximum Gasteiger partial charge on any atom is 0.253 e. The number of hydrogen-bond donors (Lipinski definition) is 2. The smallest absolute Gasteiger partial charge is 0.253 e. The van der Waals surface area contributed by atoms with Gasteiger partial charge >= 0.3 is 0 Å². The minimum absolute atomic E-state index is 0.0628. The zero-order valence-electron chi connectivity index (χ0n) is 10.4. The molecular weight excluding hydrogens is 230 g/mol. The van der Waals surface area contributed by atoms with Gasteiger partial charge in [0.2, 0.25) is 0 Å². The number of nitrogens with zero attached hydrogens (tertiary/aromatic N) is 1. The molecule has 98 valence electrons. The zero-order chi connectivity index (χ0) is 13.0. The highest BCUT2D eigenvalue weighted by Crippen LogP contribution is 2.25. The van der Waals surface area contributed by atoms with Crippen molar-refractivity contribution in [1.82, 2.24) is 4.90 Å². The average Bonchev–Trinajstić information content (AvgIpc) is 2.31. The van der Waals surface area contributed by atoms with Crippen molar-refractivity contribution in [3.63, 3.8) is 0 Å². The Morgan fingerprint density at radius 1 is 0.944 bits per heavy atom. The summed E-state index contributed by atoms with van der Waals surface area (Å²) in [7, 11) is 0. The van der Waals surface area contributed by atoms with Crippen LogP contribution < -0.4 is 0 Å².